The smallest absolute Gasteiger partial charge is 0.396 e. The average Bonchev–Trinajstić information content (AvgIpc) is 2.42. The van der Waals surface area contributed by atoms with Gasteiger partial charge in [-0.05, 0) is 23.6 Å². The standard InChI is InChI=1S/C10H10O2S/c1-6(2)7-3-4-8-9(5-7)13-10(11)12-8/h3-6H,1-2H3. The molecule has 68 valence electrons. The van der Waals surface area contributed by atoms with Gasteiger partial charge < -0.3 is 4.42 Å². The molecule has 0 saturated carbocycles. The second-order valence-corrected chi connectivity index (χ2v) is 4.29. The van der Waals surface area contributed by atoms with Crippen molar-refractivity contribution in [1.29, 1.82) is 0 Å². The molecule has 1 aromatic carbocycles. The topological polar surface area (TPSA) is 30.2 Å². The zero-order valence-corrected chi connectivity index (χ0v) is 8.35. The summed E-state index contributed by atoms with van der Waals surface area (Å²) >= 11 is 1.16. The molecule has 2 rings (SSSR count). The van der Waals surface area contributed by atoms with Crippen molar-refractivity contribution in [3.8, 4) is 0 Å². The highest BCUT2D eigenvalue weighted by molar-refractivity contribution is 7.16. The summed E-state index contributed by atoms with van der Waals surface area (Å²) in [6.07, 6.45) is 0. The molecule has 0 atom stereocenters. The number of hydrogen-bond acceptors (Lipinski definition) is 3. The van der Waals surface area contributed by atoms with Gasteiger partial charge in [-0.15, -0.1) is 0 Å². The van der Waals surface area contributed by atoms with Crippen molar-refractivity contribution >= 4 is 21.6 Å². The van der Waals surface area contributed by atoms with Crippen LogP contribution in [0.25, 0.3) is 10.3 Å². The average molecular weight is 194 g/mol. The molecule has 1 heterocycles. The maximum Gasteiger partial charge on any atom is 0.396 e. The van der Waals surface area contributed by atoms with Gasteiger partial charge in [-0.25, -0.2) is 4.79 Å². The third kappa shape index (κ3) is 1.52. The maximum atomic E-state index is 10.9. The second-order valence-electron chi connectivity index (χ2n) is 3.31. The van der Waals surface area contributed by atoms with Gasteiger partial charge in [-0.2, -0.15) is 0 Å². The summed E-state index contributed by atoms with van der Waals surface area (Å²) in [6, 6.07) is 5.89. The van der Waals surface area contributed by atoms with Crippen LogP contribution in [-0.4, -0.2) is 0 Å². The van der Waals surface area contributed by atoms with E-state index in [2.05, 4.69) is 13.8 Å². The van der Waals surface area contributed by atoms with E-state index in [1.165, 1.54) is 5.56 Å². The molecule has 0 aliphatic carbocycles. The van der Waals surface area contributed by atoms with Crippen LogP contribution in [0.3, 0.4) is 0 Å². The van der Waals surface area contributed by atoms with Crippen molar-refractivity contribution in [2.75, 3.05) is 0 Å². The molecule has 2 aromatic rings. The molecule has 1 aromatic heterocycles. The molecule has 0 aliphatic rings. The number of rotatable bonds is 1. The maximum absolute atomic E-state index is 10.9. The minimum Gasteiger partial charge on any atom is -0.414 e. The molecule has 0 amide bonds. The lowest BCUT2D eigenvalue weighted by molar-refractivity contribution is 0.585. The summed E-state index contributed by atoms with van der Waals surface area (Å²) in [7, 11) is 0. The van der Waals surface area contributed by atoms with E-state index in [0.717, 1.165) is 16.0 Å². The first kappa shape index (κ1) is 8.51. The molecule has 0 N–H and O–H groups in total. The van der Waals surface area contributed by atoms with E-state index >= 15 is 0 Å². The predicted octanol–water partition coefficient (Wildman–Crippen LogP) is 2.98. The molecule has 0 unspecified atom stereocenters. The molecule has 13 heavy (non-hydrogen) atoms. The summed E-state index contributed by atoms with van der Waals surface area (Å²) in [5.41, 5.74) is 1.93. The van der Waals surface area contributed by atoms with Gasteiger partial charge in [-0.3, -0.25) is 0 Å². The van der Waals surface area contributed by atoms with E-state index in [1.54, 1.807) is 0 Å². The van der Waals surface area contributed by atoms with E-state index in [0.29, 0.717) is 11.5 Å². The Labute approximate surface area is 79.8 Å². The highest BCUT2D eigenvalue weighted by Gasteiger charge is 2.04. The van der Waals surface area contributed by atoms with E-state index in [1.807, 2.05) is 18.2 Å². The van der Waals surface area contributed by atoms with Crippen LogP contribution in [0.5, 0.6) is 0 Å². The molecule has 0 aliphatic heterocycles. The lowest BCUT2D eigenvalue weighted by Crippen LogP contribution is -1.84. The first-order valence-corrected chi connectivity index (χ1v) is 5.02. The summed E-state index contributed by atoms with van der Waals surface area (Å²) in [6.45, 7) is 4.26. The van der Waals surface area contributed by atoms with Crippen molar-refractivity contribution in [1.82, 2.24) is 0 Å². The fraction of sp³-hybridized carbons (Fsp3) is 0.300. The zero-order chi connectivity index (χ0) is 9.42. The van der Waals surface area contributed by atoms with Gasteiger partial charge in [0.1, 0.15) is 5.58 Å². The Bertz CT molecular complexity index is 479. The highest BCUT2D eigenvalue weighted by atomic mass is 32.1. The summed E-state index contributed by atoms with van der Waals surface area (Å²) in [4.78, 5) is 10.7. The third-order valence-corrected chi connectivity index (χ3v) is 2.81. The lowest BCUT2D eigenvalue weighted by Gasteiger charge is -2.02. The minimum absolute atomic E-state index is 0.226. The molecule has 2 nitrogen and oxygen atoms in total. The van der Waals surface area contributed by atoms with Gasteiger partial charge in [0.25, 0.3) is 0 Å². The molecule has 0 spiro atoms. The largest absolute Gasteiger partial charge is 0.414 e. The van der Waals surface area contributed by atoms with Crippen LogP contribution in [0, 0.1) is 0 Å². The molecule has 0 radical (unpaired) electrons. The van der Waals surface area contributed by atoms with Crippen LogP contribution < -0.4 is 4.94 Å². The number of benzene rings is 1. The number of hydrogen-bond donors (Lipinski definition) is 0. The van der Waals surface area contributed by atoms with Crippen LogP contribution in [0.4, 0.5) is 0 Å². The van der Waals surface area contributed by atoms with Crippen LogP contribution in [0.2, 0.25) is 0 Å². The fourth-order valence-electron chi connectivity index (χ4n) is 1.25. The summed E-state index contributed by atoms with van der Waals surface area (Å²) < 4.78 is 5.91. The van der Waals surface area contributed by atoms with E-state index in [4.69, 9.17) is 4.42 Å². The Balaban J connectivity index is 2.68. The Morgan fingerprint density at radius 3 is 2.85 bits per heavy atom. The van der Waals surface area contributed by atoms with Crippen LogP contribution in [0.1, 0.15) is 25.3 Å². The molecular formula is C10H10O2S. The van der Waals surface area contributed by atoms with E-state index in [9.17, 15) is 4.79 Å². The minimum atomic E-state index is -0.226. The molecule has 3 heteroatoms. The highest BCUT2D eigenvalue weighted by Crippen LogP contribution is 2.22. The zero-order valence-electron chi connectivity index (χ0n) is 7.53. The molecule has 0 saturated heterocycles. The van der Waals surface area contributed by atoms with Gasteiger partial charge in [0.05, 0.1) is 4.70 Å². The van der Waals surface area contributed by atoms with E-state index < -0.39 is 0 Å². The van der Waals surface area contributed by atoms with Crippen LogP contribution in [-0.2, 0) is 0 Å². The van der Waals surface area contributed by atoms with Gasteiger partial charge >= 0.3 is 4.94 Å². The SMILES string of the molecule is CC(C)c1ccc2oc(=O)sc2c1. The van der Waals surface area contributed by atoms with Gasteiger partial charge in [0, 0.05) is 0 Å². The quantitative estimate of drug-likeness (QED) is 0.698. The fourth-order valence-corrected chi connectivity index (χ4v) is 1.96. The van der Waals surface area contributed by atoms with Gasteiger partial charge in [0.2, 0.25) is 0 Å². The number of fused-ring (bicyclic) bond motifs is 1. The first-order valence-electron chi connectivity index (χ1n) is 4.20. The Hall–Kier alpha value is -1.09. The molecule has 0 bridgehead atoms. The normalized spacial score (nSPS) is 11.3. The van der Waals surface area contributed by atoms with Crippen molar-refractivity contribution in [2.45, 2.75) is 19.8 Å². The first-order chi connectivity index (χ1) is 6.16. The molecule has 0 fully saturated rings. The van der Waals surface area contributed by atoms with Crippen molar-refractivity contribution in [3.05, 3.63) is 33.5 Å². The van der Waals surface area contributed by atoms with E-state index in [-0.39, 0.29) is 4.94 Å². The Morgan fingerprint density at radius 1 is 1.38 bits per heavy atom. The third-order valence-electron chi connectivity index (χ3n) is 2.02. The van der Waals surface area contributed by atoms with Crippen molar-refractivity contribution < 1.29 is 4.42 Å². The Kier molecular flexibility index (Phi) is 1.96. The lowest BCUT2D eigenvalue weighted by atomic mass is 10.0. The monoisotopic (exact) mass is 194 g/mol. The molecular weight excluding hydrogens is 184 g/mol. The van der Waals surface area contributed by atoms with Crippen molar-refractivity contribution in [2.24, 2.45) is 0 Å². The summed E-state index contributed by atoms with van der Waals surface area (Å²) in [5, 5.41) is 0. The van der Waals surface area contributed by atoms with Gasteiger partial charge in [0.15, 0.2) is 0 Å². The summed E-state index contributed by atoms with van der Waals surface area (Å²) in [5.74, 6) is 0.488. The predicted molar refractivity (Wildman–Crippen MR) is 54.5 cm³/mol. The van der Waals surface area contributed by atoms with Crippen molar-refractivity contribution in [3.63, 3.8) is 0 Å². The Morgan fingerprint density at radius 2 is 2.15 bits per heavy atom. The second kappa shape index (κ2) is 3.00. The van der Waals surface area contributed by atoms with Gasteiger partial charge in [-0.1, -0.05) is 31.3 Å². The van der Waals surface area contributed by atoms with Crippen LogP contribution >= 0.6 is 11.3 Å². The van der Waals surface area contributed by atoms with Crippen LogP contribution in [0.15, 0.2) is 27.4 Å².